The van der Waals surface area contributed by atoms with Crippen LogP contribution in [0, 0.1) is 5.41 Å². The molecular formula is C16H24N2OS. The molecule has 3 rings (SSSR count). The van der Waals surface area contributed by atoms with Gasteiger partial charge in [0, 0.05) is 10.9 Å². The highest BCUT2D eigenvalue weighted by molar-refractivity contribution is 7.10. The van der Waals surface area contributed by atoms with Gasteiger partial charge >= 0.3 is 0 Å². The second kappa shape index (κ2) is 5.15. The Morgan fingerprint density at radius 2 is 2.25 bits per heavy atom. The predicted molar refractivity (Wildman–Crippen MR) is 82.5 cm³/mol. The zero-order valence-electron chi connectivity index (χ0n) is 12.6. The van der Waals surface area contributed by atoms with E-state index in [2.05, 4.69) is 48.5 Å². The number of hydrogen-bond acceptors (Lipinski definition) is 3. The minimum Gasteiger partial charge on any atom is -0.317 e. The molecule has 4 heteroatoms. The summed E-state index contributed by atoms with van der Waals surface area (Å²) in [4.78, 5) is 16.1. The van der Waals surface area contributed by atoms with Crippen molar-refractivity contribution in [3.63, 3.8) is 0 Å². The van der Waals surface area contributed by atoms with Crippen LogP contribution in [-0.4, -0.2) is 22.9 Å². The summed E-state index contributed by atoms with van der Waals surface area (Å²) in [6.07, 6.45) is 4.44. The topological polar surface area (TPSA) is 32.3 Å². The molecular weight excluding hydrogens is 268 g/mol. The Balaban J connectivity index is 1.81. The van der Waals surface area contributed by atoms with E-state index in [1.807, 2.05) is 0 Å². The van der Waals surface area contributed by atoms with Crippen LogP contribution in [0.15, 0.2) is 17.5 Å². The number of unbranched alkanes of at least 4 members (excludes halogenated alkanes) is 1. The fourth-order valence-electron chi connectivity index (χ4n) is 3.18. The second-order valence-electron chi connectivity index (χ2n) is 6.73. The molecule has 2 fully saturated rings. The predicted octanol–water partition coefficient (Wildman–Crippen LogP) is 3.54. The maximum atomic E-state index is 12.8. The van der Waals surface area contributed by atoms with Gasteiger partial charge in [-0.3, -0.25) is 10.1 Å². The summed E-state index contributed by atoms with van der Waals surface area (Å²) in [5.41, 5.74) is 0.284. The summed E-state index contributed by atoms with van der Waals surface area (Å²) in [5.74, 6) is 0.312. The zero-order chi connectivity index (χ0) is 14.3. The highest BCUT2D eigenvalue weighted by atomic mass is 32.1. The fourth-order valence-corrected chi connectivity index (χ4v) is 3.96. The lowest BCUT2D eigenvalue weighted by atomic mass is 10.1. The molecule has 0 aromatic carbocycles. The number of rotatable bonds is 5. The normalized spacial score (nSPS) is 31.9. The van der Waals surface area contributed by atoms with Crippen molar-refractivity contribution in [3.05, 3.63) is 22.4 Å². The lowest BCUT2D eigenvalue weighted by molar-refractivity contribution is -0.131. The lowest BCUT2D eigenvalue weighted by Crippen LogP contribution is -2.35. The van der Waals surface area contributed by atoms with Crippen molar-refractivity contribution in [2.45, 2.75) is 64.7 Å². The van der Waals surface area contributed by atoms with Gasteiger partial charge < -0.3 is 4.90 Å². The first-order chi connectivity index (χ1) is 9.54. The molecule has 3 atom stereocenters. The first kappa shape index (κ1) is 14.1. The van der Waals surface area contributed by atoms with Gasteiger partial charge in [0.05, 0.1) is 6.04 Å². The summed E-state index contributed by atoms with van der Waals surface area (Å²) in [5, 5.41) is 5.67. The average molecular weight is 292 g/mol. The maximum absolute atomic E-state index is 12.8. The van der Waals surface area contributed by atoms with Gasteiger partial charge in [-0.25, -0.2) is 0 Å². The number of thiophene rings is 1. The molecule has 0 radical (unpaired) electrons. The van der Waals surface area contributed by atoms with Crippen LogP contribution in [0.2, 0.25) is 0 Å². The monoisotopic (exact) mass is 292 g/mol. The minimum atomic E-state index is 0.0125. The number of amides is 1. The highest BCUT2D eigenvalue weighted by Crippen LogP contribution is 2.52. The molecule has 1 aliphatic heterocycles. The lowest BCUT2D eigenvalue weighted by Gasteiger charge is -2.25. The van der Waals surface area contributed by atoms with E-state index < -0.39 is 0 Å². The molecule has 2 aliphatic rings. The van der Waals surface area contributed by atoms with Crippen molar-refractivity contribution < 1.29 is 4.79 Å². The Kier molecular flexibility index (Phi) is 3.63. The first-order valence-electron chi connectivity index (χ1n) is 7.66. The van der Waals surface area contributed by atoms with E-state index in [1.165, 1.54) is 4.88 Å². The summed E-state index contributed by atoms with van der Waals surface area (Å²) in [6, 6.07) is 4.63. The van der Waals surface area contributed by atoms with Crippen LogP contribution in [-0.2, 0) is 4.79 Å². The molecule has 1 amide bonds. The van der Waals surface area contributed by atoms with Gasteiger partial charge in [0.25, 0.3) is 0 Å². The molecule has 3 unspecified atom stereocenters. The van der Waals surface area contributed by atoms with E-state index in [0.29, 0.717) is 11.9 Å². The molecule has 1 aliphatic carbocycles. The standard InChI is InChI=1S/C16H24N2OS/c1-4-5-7-11-15(19)18(13-10-16(13,2)3)14(17-11)12-8-6-9-20-12/h6,8-9,11,13-14,17H,4-5,7,10H2,1-3H3. The van der Waals surface area contributed by atoms with Crippen LogP contribution >= 0.6 is 11.3 Å². The van der Waals surface area contributed by atoms with Gasteiger partial charge in [-0.1, -0.05) is 39.7 Å². The third kappa shape index (κ3) is 2.40. The second-order valence-corrected chi connectivity index (χ2v) is 7.71. The molecule has 1 aromatic heterocycles. The Morgan fingerprint density at radius 1 is 1.50 bits per heavy atom. The molecule has 110 valence electrons. The Morgan fingerprint density at radius 3 is 2.80 bits per heavy atom. The van der Waals surface area contributed by atoms with Crippen molar-refractivity contribution in [1.29, 1.82) is 0 Å². The molecule has 1 saturated carbocycles. The van der Waals surface area contributed by atoms with Gasteiger partial charge in [-0.2, -0.15) is 0 Å². The quantitative estimate of drug-likeness (QED) is 0.900. The average Bonchev–Trinajstić information content (AvgIpc) is 2.84. The van der Waals surface area contributed by atoms with Crippen LogP contribution in [0.25, 0.3) is 0 Å². The van der Waals surface area contributed by atoms with E-state index in [0.717, 1.165) is 25.7 Å². The summed E-state index contributed by atoms with van der Waals surface area (Å²) >= 11 is 1.74. The third-order valence-corrected chi connectivity index (χ3v) is 5.57. The fraction of sp³-hybridized carbons (Fsp3) is 0.688. The van der Waals surface area contributed by atoms with E-state index in [4.69, 9.17) is 0 Å². The van der Waals surface area contributed by atoms with E-state index >= 15 is 0 Å². The Labute approximate surface area is 125 Å². The number of nitrogens with one attached hydrogen (secondary N) is 1. The van der Waals surface area contributed by atoms with Crippen molar-refractivity contribution in [2.75, 3.05) is 0 Å². The number of hydrogen-bond donors (Lipinski definition) is 1. The molecule has 1 saturated heterocycles. The molecule has 0 bridgehead atoms. The van der Waals surface area contributed by atoms with Gasteiger partial charge in [0.1, 0.15) is 6.17 Å². The maximum Gasteiger partial charge on any atom is 0.241 e. The van der Waals surface area contributed by atoms with Crippen molar-refractivity contribution in [3.8, 4) is 0 Å². The van der Waals surface area contributed by atoms with E-state index in [9.17, 15) is 4.79 Å². The first-order valence-corrected chi connectivity index (χ1v) is 8.54. The van der Waals surface area contributed by atoms with Crippen molar-refractivity contribution in [1.82, 2.24) is 10.2 Å². The Hall–Kier alpha value is -0.870. The van der Waals surface area contributed by atoms with E-state index in [-0.39, 0.29) is 17.6 Å². The molecule has 20 heavy (non-hydrogen) atoms. The van der Waals surface area contributed by atoms with Crippen LogP contribution in [0.1, 0.15) is 57.5 Å². The van der Waals surface area contributed by atoms with Gasteiger partial charge in [0.2, 0.25) is 5.91 Å². The third-order valence-electron chi connectivity index (χ3n) is 4.65. The number of carbonyl (C=O) groups is 1. The van der Waals surface area contributed by atoms with Crippen LogP contribution < -0.4 is 5.32 Å². The number of carbonyl (C=O) groups excluding carboxylic acids is 1. The number of nitrogens with zero attached hydrogens (tertiary/aromatic N) is 1. The van der Waals surface area contributed by atoms with Crippen LogP contribution in [0.4, 0.5) is 0 Å². The summed E-state index contributed by atoms with van der Waals surface area (Å²) < 4.78 is 0. The van der Waals surface area contributed by atoms with Gasteiger partial charge in [-0.05, 0) is 29.7 Å². The smallest absolute Gasteiger partial charge is 0.241 e. The molecule has 2 heterocycles. The minimum absolute atomic E-state index is 0.0125. The summed E-state index contributed by atoms with van der Waals surface area (Å²) in [7, 11) is 0. The molecule has 3 nitrogen and oxygen atoms in total. The van der Waals surface area contributed by atoms with E-state index in [1.54, 1.807) is 11.3 Å². The van der Waals surface area contributed by atoms with Crippen molar-refractivity contribution >= 4 is 17.2 Å². The Bertz CT molecular complexity index is 483. The summed E-state index contributed by atoms with van der Waals surface area (Å²) in [6.45, 7) is 6.70. The SMILES string of the molecule is CCCCC1NC(c2cccs2)N(C2CC2(C)C)C1=O. The molecule has 0 spiro atoms. The van der Waals surface area contributed by atoms with Crippen LogP contribution in [0.5, 0.6) is 0 Å². The van der Waals surface area contributed by atoms with Crippen molar-refractivity contribution in [2.24, 2.45) is 5.41 Å². The van der Waals surface area contributed by atoms with Crippen LogP contribution in [0.3, 0.4) is 0 Å². The highest BCUT2D eigenvalue weighted by Gasteiger charge is 2.56. The van der Waals surface area contributed by atoms with Gasteiger partial charge in [0.15, 0.2) is 0 Å². The largest absolute Gasteiger partial charge is 0.317 e. The zero-order valence-corrected chi connectivity index (χ0v) is 13.4. The molecule has 1 aromatic rings. The molecule has 1 N–H and O–H groups in total. The van der Waals surface area contributed by atoms with Gasteiger partial charge in [-0.15, -0.1) is 11.3 Å².